The molecule has 0 aliphatic heterocycles. The number of unbranched alkanes of at least 4 members (excludes halogenated alkanes) is 1. The zero-order valence-corrected chi connectivity index (χ0v) is 9.42. The van der Waals surface area contributed by atoms with Crippen molar-refractivity contribution in [2.75, 3.05) is 6.54 Å². The van der Waals surface area contributed by atoms with Gasteiger partial charge in [-0.2, -0.15) is 18.3 Å². The van der Waals surface area contributed by atoms with Gasteiger partial charge < -0.3 is 5.32 Å². The van der Waals surface area contributed by atoms with Gasteiger partial charge in [0.05, 0.1) is 0 Å². The molecule has 1 aromatic rings. The highest BCUT2D eigenvalue weighted by Crippen LogP contribution is 2.27. The predicted octanol–water partition coefficient (Wildman–Crippen LogP) is 1.82. The van der Waals surface area contributed by atoms with E-state index in [1.807, 2.05) is 6.92 Å². The number of nitrogens with one attached hydrogen (secondary N) is 1. The van der Waals surface area contributed by atoms with Gasteiger partial charge in [0.2, 0.25) is 5.91 Å². The van der Waals surface area contributed by atoms with Crippen molar-refractivity contribution >= 4 is 5.91 Å². The van der Waals surface area contributed by atoms with Crippen molar-refractivity contribution in [1.82, 2.24) is 15.1 Å². The van der Waals surface area contributed by atoms with Crippen LogP contribution in [0.25, 0.3) is 0 Å². The molecule has 1 amide bonds. The number of carbonyl (C=O) groups excluding carboxylic acids is 1. The van der Waals surface area contributed by atoms with E-state index < -0.39 is 11.9 Å². The summed E-state index contributed by atoms with van der Waals surface area (Å²) in [5.74, 6) is -0.338. The van der Waals surface area contributed by atoms with E-state index in [1.54, 1.807) is 0 Å². The van der Waals surface area contributed by atoms with Crippen LogP contribution in [0, 0.1) is 0 Å². The van der Waals surface area contributed by atoms with Gasteiger partial charge >= 0.3 is 6.18 Å². The summed E-state index contributed by atoms with van der Waals surface area (Å²) in [4.78, 5) is 11.3. The van der Waals surface area contributed by atoms with Crippen molar-refractivity contribution in [2.24, 2.45) is 0 Å². The lowest BCUT2D eigenvalue weighted by Gasteiger charge is -2.04. The summed E-state index contributed by atoms with van der Waals surface area (Å²) >= 11 is 0. The number of alkyl halides is 3. The third-order valence-corrected chi connectivity index (χ3v) is 2.09. The van der Waals surface area contributed by atoms with Gasteiger partial charge in [-0.15, -0.1) is 0 Å². The highest BCUT2D eigenvalue weighted by molar-refractivity contribution is 5.75. The molecular weight excluding hydrogens is 235 g/mol. The molecule has 1 aromatic heterocycles. The van der Waals surface area contributed by atoms with E-state index in [1.165, 1.54) is 0 Å². The molecule has 0 bridgehead atoms. The monoisotopic (exact) mass is 249 g/mol. The first-order valence-corrected chi connectivity index (χ1v) is 5.31. The van der Waals surface area contributed by atoms with E-state index >= 15 is 0 Å². The first kappa shape index (κ1) is 13.5. The topological polar surface area (TPSA) is 46.9 Å². The van der Waals surface area contributed by atoms with E-state index in [0.29, 0.717) is 6.54 Å². The molecule has 4 nitrogen and oxygen atoms in total. The Hall–Kier alpha value is -1.53. The largest absolute Gasteiger partial charge is 0.435 e. The molecule has 1 rings (SSSR count). The Balaban J connectivity index is 2.46. The van der Waals surface area contributed by atoms with Crippen molar-refractivity contribution in [1.29, 1.82) is 0 Å². The summed E-state index contributed by atoms with van der Waals surface area (Å²) in [7, 11) is 0. The van der Waals surface area contributed by atoms with Gasteiger partial charge in [-0.05, 0) is 12.5 Å². The number of carbonyl (C=O) groups is 1. The summed E-state index contributed by atoms with van der Waals surface area (Å²) in [6.45, 7) is 2.32. The molecule has 0 fully saturated rings. The summed E-state index contributed by atoms with van der Waals surface area (Å²) in [5.41, 5.74) is -0.987. The Morgan fingerprint density at radius 3 is 2.76 bits per heavy atom. The molecule has 0 atom stereocenters. The highest BCUT2D eigenvalue weighted by Gasteiger charge is 2.33. The van der Waals surface area contributed by atoms with Crippen LogP contribution in [0.3, 0.4) is 0 Å². The predicted molar refractivity (Wildman–Crippen MR) is 55.1 cm³/mol. The average molecular weight is 249 g/mol. The molecule has 0 spiro atoms. The number of aromatic nitrogens is 2. The van der Waals surface area contributed by atoms with E-state index in [-0.39, 0.29) is 12.5 Å². The first-order valence-electron chi connectivity index (χ1n) is 5.31. The summed E-state index contributed by atoms with van der Waals surface area (Å²) in [5, 5.41) is 5.88. The smallest absolute Gasteiger partial charge is 0.354 e. The van der Waals surface area contributed by atoms with Crippen LogP contribution in [0.15, 0.2) is 12.3 Å². The molecule has 1 N–H and O–H groups in total. The number of hydrogen-bond acceptors (Lipinski definition) is 2. The van der Waals surface area contributed by atoms with Crippen LogP contribution in [0.5, 0.6) is 0 Å². The van der Waals surface area contributed by atoms with Gasteiger partial charge in [0.15, 0.2) is 5.69 Å². The molecule has 96 valence electrons. The van der Waals surface area contributed by atoms with Crippen LogP contribution < -0.4 is 5.32 Å². The highest BCUT2D eigenvalue weighted by atomic mass is 19.4. The second kappa shape index (κ2) is 5.70. The van der Waals surface area contributed by atoms with E-state index in [4.69, 9.17) is 0 Å². The average Bonchev–Trinajstić information content (AvgIpc) is 2.66. The number of hydrogen-bond donors (Lipinski definition) is 1. The fourth-order valence-electron chi connectivity index (χ4n) is 1.21. The Bertz CT molecular complexity index is 373. The standard InChI is InChI=1S/C10H14F3N3O/c1-2-3-5-14-9(17)7-16-6-4-8(15-16)10(11,12)13/h4,6H,2-3,5,7H2,1H3,(H,14,17). The van der Waals surface area contributed by atoms with Gasteiger partial charge in [-0.1, -0.05) is 13.3 Å². The first-order chi connectivity index (χ1) is 7.93. The van der Waals surface area contributed by atoms with Crippen LogP contribution in [0.2, 0.25) is 0 Å². The number of amides is 1. The van der Waals surface area contributed by atoms with Crippen LogP contribution in [-0.2, 0) is 17.5 Å². The van der Waals surface area contributed by atoms with E-state index in [9.17, 15) is 18.0 Å². The third kappa shape index (κ3) is 4.46. The maximum Gasteiger partial charge on any atom is 0.435 e. The van der Waals surface area contributed by atoms with Crippen LogP contribution >= 0.6 is 0 Å². The third-order valence-electron chi connectivity index (χ3n) is 2.09. The SMILES string of the molecule is CCCCNC(=O)Cn1ccc(C(F)(F)F)n1. The molecule has 0 aromatic carbocycles. The molecule has 0 aliphatic rings. The Labute approximate surface area is 96.8 Å². The van der Waals surface area contributed by atoms with Crippen LogP contribution in [0.1, 0.15) is 25.5 Å². The zero-order valence-electron chi connectivity index (χ0n) is 9.42. The normalized spacial score (nSPS) is 11.5. The summed E-state index contributed by atoms with van der Waals surface area (Å²) < 4.78 is 37.6. The Morgan fingerprint density at radius 1 is 1.53 bits per heavy atom. The lowest BCUT2D eigenvalue weighted by molar-refractivity contribution is -0.141. The molecule has 0 saturated carbocycles. The Kier molecular flexibility index (Phi) is 4.53. The minimum Gasteiger partial charge on any atom is -0.354 e. The van der Waals surface area contributed by atoms with Crippen LogP contribution in [0.4, 0.5) is 13.2 Å². The van der Waals surface area contributed by atoms with Gasteiger partial charge in [-0.3, -0.25) is 9.48 Å². The van der Waals surface area contributed by atoms with E-state index in [0.717, 1.165) is 29.8 Å². The molecule has 0 aliphatic carbocycles. The molecule has 0 unspecified atom stereocenters. The van der Waals surface area contributed by atoms with Crippen molar-refractivity contribution in [2.45, 2.75) is 32.5 Å². The lowest BCUT2D eigenvalue weighted by atomic mass is 10.3. The maximum absolute atomic E-state index is 12.2. The van der Waals surface area contributed by atoms with Crippen molar-refractivity contribution in [3.63, 3.8) is 0 Å². The number of rotatable bonds is 5. The van der Waals surface area contributed by atoms with Gasteiger partial charge in [0.25, 0.3) is 0 Å². The van der Waals surface area contributed by atoms with Gasteiger partial charge in [0.1, 0.15) is 6.54 Å². The minimum absolute atomic E-state index is 0.195. The number of halogens is 3. The minimum atomic E-state index is -4.47. The second-order valence-corrected chi connectivity index (χ2v) is 3.60. The van der Waals surface area contributed by atoms with Gasteiger partial charge in [-0.25, -0.2) is 0 Å². The lowest BCUT2D eigenvalue weighted by Crippen LogP contribution is -2.28. The maximum atomic E-state index is 12.2. The molecule has 7 heteroatoms. The fraction of sp³-hybridized carbons (Fsp3) is 0.600. The van der Waals surface area contributed by atoms with Crippen molar-refractivity contribution in [3.05, 3.63) is 18.0 Å². The number of nitrogens with zero attached hydrogens (tertiary/aromatic N) is 2. The molecule has 0 radical (unpaired) electrons. The molecular formula is C10H14F3N3O. The van der Waals surface area contributed by atoms with Crippen molar-refractivity contribution in [3.8, 4) is 0 Å². The Morgan fingerprint density at radius 2 is 2.24 bits per heavy atom. The molecule has 17 heavy (non-hydrogen) atoms. The summed E-state index contributed by atoms with van der Waals surface area (Å²) in [6.07, 6.45) is -1.54. The van der Waals surface area contributed by atoms with E-state index in [2.05, 4.69) is 10.4 Å². The van der Waals surface area contributed by atoms with Crippen molar-refractivity contribution < 1.29 is 18.0 Å². The zero-order chi connectivity index (χ0) is 12.9. The summed E-state index contributed by atoms with van der Waals surface area (Å²) in [6, 6.07) is 0.847. The fourth-order valence-corrected chi connectivity index (χ4v) is 1.21. The second-order valence-electron chi connectivity index (χ2n) is 3.60. The quantitative estimate of drug-likeness (QED) is 0.809. The molecule has 0 saturated heterocycles. The van der Waals surface area contributed by atoms with Gasteiger partial charge in [0, 0.05) is 12.7 Å². The molecule has 1 heterocycles. The van der Waals surface area contributed by atoms with Crippen LogP contribution in [-0.4, -0.2) is 22.2 Å².